The van der Waals surface area contributed by atoms with Crippen molar-refractivity contribution in [1.82, 2.24) is 20.3 Å². The molecule has 2 amide bonds. The van der Waals surface area contributed by atoms with Crippen molar-refractivity contribution in [3.05, 3.63) is 77.7 Å². The number of amides is 2. The van der Waals surface area contributed by atoms with E-state index in [1.807, 2.05) is 25.1 Å². The number of carbonyl (C=O) groups excluding carboxylic acids is 2. The van der Waals surface area contributed by atoms with Gasteiger partial charge in [0, 0.05) is 24.3 Å². The number of nitrogens with one attached hydrogen (secondary N) is 2. The van der Waals surface area contributed by atoms with Crippen LogP contribution in [0.5, 0.6) is 0 Å². The summed E-state index contributed by atoms with van der Waals surface area (Å²) in [6, 6.07) is 15.8. The second-order valence-electron chi connectivity index (χ2n) is 6.42. The number of aryl methyl sites for hydroxylation is 1. The van der Waals surface area contributed by atoms with E-state index in [0.29, 0.717) is 23.3 Å². The van der Waals surface area contributed by atoms with E-state index < -0.39 is 0 Å². The van der Waals surface area contributed by atoms with Gasteiger partial charge in [-0.05, 0) is 55.0 Å². The Labute approximate surface area is 166 Å². The highest BCUT2D eigenvalue weighted by atomic mass is 16.3. The highest BCUT2D eigenvalue weighted by Crippen LogP contribution is 2.15. The van der Waals surface area contributed by atoms with Crippen LogP contribution in [0.2, 0.25) is 0 Å². The van der Waals surface area contributed by atoms with Crippen molar-refractivity contribution in [1.29, 1.82) is 0 Å². The van der Waals surface area contributed by atoms with Gasteiger partial charge in [-0.25, -0.2) is 4.68 Å². The number of fused-ring (bicyclic) bond motifs is 1. The molecule has 0 aliphatic carbocycles. The lowest BCUT2D eigenvalue weighted by molar-refractivity contribution is 0.0950. The van der Waals surface area contributed by atoms with Gasteiger partial charge in [0.15, 0.2) is 5.76 Å². The first-order valence-electron chi connectivity index (χ1n) is 9.19. The molecule has 4 rings (SSSR count). The van der Waals surface area contributed by atoms with Crippen LogP contribution in [-0.4, -0.2) is 26.8 Å². The minimum absolute atomic E-state index is 0.187. The van der Waals surface area contributed by atoms with Gasteiger partial charge >= 0.3 is 0 Å². The standard InChI is InChI=1S/C21H19N5O3/c1-2-26-18-10-7-15(12-17(18)24-25-26)20(27)22-13-14-5-8-16(9-6-14)23-21(28)19-4-3-11-29-19/h3-12H,2,13H2,1H3,(H,22,27)(H,23,28). The largest absolute Gasteiger partial charge is 0.459 e. The SMILES string of the molecule is CCn1nnc2cc(C(=O)NCc3ccc(NC(=O)c4ccco4)cc3)ccc21. The zero-order valence-corrected chi connectivity index (χ0v) is 15.8. The first-order chi connectivity index (χ1) is 14.1. The number of furan rings is 1. The highest BCUT2D eigenvalue weighted by molar-refractivity contribution is 6.02. The van der Waals surface area contributed by atoms with Gasteiger partial charge in [0.2, 0.25) is 0 Å². The van der Waals surface area contributed by atoms with Crippen molar-refractivity contribution >= 4 is 28.5 Å². The third-order valence-corrected chi connectivity index (χ3v) is 4.49. The Bertz CT molecular complexity index is 1150. The lowest BCUT2D eigenvalue weighted by Crippen LogP contribution is -2.22. The number of hydrogen-bond donors (Lipinski definition) is 2. The second-order valence-corrected chi connectivity index (χ2v) is 6.42. The van der Waals surface area contributed by atoms with Crippen LogP contribution < -0.4 is 10.6 Å². The first-order valence-corrected chi connectivity index (χ1v) is 9.19. The number of benzene rings is 2. The highest BCUT2D eigenvalue weighted by Gasteiger charge is 2.11. The number of hydrogen-bond acceptors (Lipinski definition) is 5. The summed E-state index contributed by atoms with van der Waals surface area (Å²) < 4.78 is 6.84. The topological polar surface area (TPSA) is 102 Å². The number of nitrogens with zero attached hydrogens (tertiary/aromatic N) is 3. The van der Waals surface area contributed by atoms with Crippen molar-refractivity contribution in [2.24, 2.45) is 0 Å². The molecule has 0 unspecified atom stereocenters. The zero-order chi connectivity index (χ0) is 20.2. The van der Waals surface area contributed by atoms with E-state index in [4.69, 9.17) is 4.42 Å². The molecule has 29 heavy (non-hydrogen) atoms. The number of carbonyl (C=O) groups is 2. The van der Waals surface area contributed by atoms with Crippen LogP contribution in [0, 0.1) is 0 Å². The molecular weight excluding hydrogens is 370 g/mol. The van der Waals surface area contributed by atoms with Gasteiger partial charge in [0.1, 0.15) is 5.52 Å². The molecule has 0 radical (unpaired) electrons. The lowest BCUT2D eigenvalue weighted by Gasteiger charge is -2.07. The van der Waals surface area contributed by atoms with Crippen LogP contribution in [0.15, 0.2) is 65.3 Å². The molecule has 0 bridgehead atoms. The maximum Gasteiger partial charge on any atom is 0.291 e. The quantitative estimate of drug-likeness (QED) is 0.527. The van der Waals surface area contributed by atoms with Crippen molar-refractivity contribution in [3.8, 4) is 0 Å². The molecule has 0 spiro atoms. The third-order valence-electron chi connectivity index (χ3n) is 4.49. The smallest absolute Gasteiger partial charge is 0.291 e. The van der Waals surface area contributed by atoms with E-state index in [-0.39, 0.29) is 17.6 Å². The zero-order valence-electron chi connectivity index (χ0n) is 15.8. The molecule has 2 N–H and O–H groups in total. The molecule has 4 aromatic rings. The molecule has 146 valence electrons. The molecule has 2 aromatic heterocycles. The fourth-order valence-corrected chi connectivity index (χ4v) is 2.94. The van der Waals surface area contributed by atoms with Gasteiger partial charge < -0.3 is 15.1 Å². The normalized spacial score (nSPS) is 10.8. The summed E-state index contributed by atoms with van der Waals surface area (Å²) in [5.74, 6) is -0.253. The Morgan fingerprint density at radius 3 is 2.62 bits per heavy atom. The van der Waals surface area contributed by atoms with E-state index >= 15 is 0 Å². The van der Waals surface area contributed by atoms with Gasteiger partial charge in [0.05, 0.1) is 11.8 Å². The average molecular weight is 389 g/mol. The summed E-state index contributed by atoms with van der Waals surface area (Å²) in [4.78, 5) is 24.4. The minimum atomic E-state index is -0.313. The predicted molar refractivity (Wildman–Crippen MR) is 107 cm³/mol. The van der Waals surface area contributed by atoms with Crippen LogP contribution in [0.4, 0.5) is 5.69 Å². The molecule has 0 aliphatic rings. The van der Waals surface area contributed by atoms with Crippen LogP contribution in [0.1, 0.15) is 33.4 Å². The van der Waals surface area contributed by atoms with Crippen molar-refractivity contribution < 1.29 is 14.0 Å². The van der Waals surface area contributed by atoms with E-state index in [2.05, 4.69) is 20.9 Å². The first kappa shape index (κ1) is 18.4. The molecular formula is C21H19N5O3. The molecule has 2 heterocycles. The summed E-state index contributed by atoms with van der Waals surface area (Å²) in [5.41, 5.74) is 3.67. The molecule has 2 aromatic carbocycles. The predicted octanol–water partition coefficient (Wildman–Crippen LogP) is 3.23. The molecule has 0 aliphatic heterocycles. The molecule has 0 saturated heterocycles. The van der Waals surface area contributed by atoms with Gasteiger partial charge in [0.25, 0.3) is 11.8 Å². The molecule has 8 nitrogen and oxygen atoms in total. The average Bonchev–Trinajstić information content (AvgIpc) is 3.42. The summed E-state index contributed by atoms with van der Waals surface area (Å²) in [6.45, 7) is 3.08. The minimum Gasteiger partial charge on any atom is -0.459 e. The maximum atomic E-state index is 12.4. The van der Waals surface area contributed by atoms with E-state index in [9.17, 15) is 9.59 Å². The number of anilines is 1. The Hall–Kier alpha value is -3.94. The summed E-state index contributed by atoms with van der Waals surface area (Å²) in [7, 11) is 0. The fourth-order valence-electron chi connectivity index (χ4n) is 2.94. The summed E-state index contributed by atoms with van der Waals surface area (Å²) >= 11 is 0. The molecule has 0 atom stereocenters. The summed E-state index contributed by atoms with van der Waals surface area (Å²) in [5, 5.41) is 13.8. The maximum absolute atomic E-state index is 12.4. The Kier molecular flexibility index (Phi) is 5.07. The van der Waals surface area contributed by atoms with Crippen molar-refractivity contribution in [2.45, 2.75) is 20.0 Å². The Morgan fingerprint density at radius 2 is 1.90 bits per heavy atom. The Balaban J connectivity index is 1.36. The third kappa shape index (κ3) is 4.01. The molecule has 0 saturated carbocycles. The monoisotopic (exact) mass is 389 g/mol. The molecule has 8 heteroatoms. The van der Waals surface area contributed by atoms with Crippen molar-refractivity contribution in [3.63, 3.8) is 0 Å². The van der Waals surface area contributed by atoms with E-state index in [1.54, 1.807) is 41.1 Å². The molecule has 0 fully saturated rings. The van der Waals surface area contributed by atoms with E-state index in [1.165, 1.54) is 6.26 Å². The van der Waals surface area contributed by atoms with Crippen LogP contribution in [-0.2, 0) is 13.1 Å². The van der Waals surface area contributed by atoms with Gasteiger partial charge in [-0.3, -0.25) is 9.59 Å². The number of aromatic nitrogens is 3. The van der Waals surface area contributed by atoms with Gasteiger partial charge in [-0.1, -0.05) is 17.3 Å². The van der Waals surface area contributed by atoms with Crippen LogP contribution in [0.3, 0.4) is 0 Å². The van der Waals surface area contributed by atoms with E-state index in [0.717, 1.165) is 17.6 Å². The fraction of sp³-hybridized carbons (Fsp3) is 0.143. The van der Waals surface area contributed by atoms with Crippen LogP contribution in [0.25, 0.3) is 11.0 Å². The van der Waals surface area contributed by atoms with Crippen LogP contribution >= 0.6 is 0 Å². The second kappa shape index (κ2) is 7.97. The summed E-state index contributed by atoms with van der Waals surface area (Å²) in [6.07, 6.45) is 1.45. The lowest BCUT2D eigenvalue weighted by atomic mass is 10.1. The Morgan fingerprint density at radius 1 is 1.07 bits per heavy atom. The van der Waals surface area contributed by atoms with Gasteiger partial charge in [-0.15, -0.1) is 5.10 Å². The van der Waals surface area contributed by atoms with Crippen molar-refractivity contribution in [2.75, 3.05) is 5.32 Å². The van der Waals surface area contributed by atoms with Gasteiger partial charge in [-0.2, -0.15) is 0 Å². The number of rotatable bonds is 6.